The van der Waals surface area contributed by atoms with Crippen molar-refractivity contribution in [2.24, 2.45) is 11.4 Å². The fraction of sp³-hybridized carbons (Fsp3) is 0.417. The van der Waals surface area contributed by atoms with Gasteiger partial charge in [0, 0.05) is 0 Å². The standard InChI is InChI=1S/C12H19N2O5P/c1-9(2)11(12(15)19-20(13,16)17)14-18-8-10-6-4-3-5-7-10/h3-7,9,11,14H,8H2,1-2H3,(H3,13,16,17)/t11-/m0/s1. The van der Waals surface area contributed by atoms with E-state index >= 15 is 0 Å². The third-order valence-electron chi connectivity index (χ3n) is 2.43. The summed E-state index contributed by atoms with van der Waals surface area (Å²) in [5.74, 6) is -1.13. The summed E-state index contributed by atoms with van der Waals surface area (Å²) in [5.41, 5.74) is 8.24. The number of benzene rings is 1. The highest BCUT2D eigenvalue weighted by molar-refractivity contribution is 7.50. The fourth-order valence-corrected chi connectivity index (χ4v) is 1.80. The number of hydroxylamine groups is 1. The van der Waals surface area contributed by atoms with E-state index in [1.807, 2.05) is 30.3 Å². The zero-order valence-electron chi connectivity index (χ0n) is 11.4. The summed E-state index contributed by atoms with van der Waals surface area (Å²) >= 11 is 0. The van der Waals surface area contributed by atoms with E-state index in [9.17, 15) is 9.36 Å². The van der Waals surface area contributed by atoms with Crippen LogP contribution in [0.2, 0.25) is 0 Å². The molecular formula is C12H19N2O5P. The minimum absolute atomic E-state index is 0.204. The van der Waals surface area contributed by atoms with Crippen molar-refractivity contribution in [3.05, 3.63) is 35.9 Å². The Balaban J connectivity index is 2.51. The maximum atomic E-state index is 11.7. The van der Waals surface area contributed by atoms with E-state index in [0.717, 1.165) is 5.56 Å². The highest BCUT2D eigenvalue weighted by Gasteiger charge is 2.29. The number of carbonyl (C=O) groups is 1. The van der Waals surface area contributed by atoms with Gasteiger partial charge in [0.25, 0.3) is 0 Å². The van der Waals surface area contributed by atoms with Gasteiger partial charge in [-0.3, -0.25) is 4.84 Å². The Morgan fingerprint density at radius 1 is 1.40 bits per heavy atom. The molecule has 0 fully saturated rings. The van der Waals surface area contributed by atoms with Gasteiger partial charge in [-0.25, -0.2) is 14.9 Å². The molecule has 1 rings (SSSR count). The lowest BCUT2D eigenvalue weighted by Gasteiger charge is -2.20. The molecule has 0 aliphatic carbocycles. The van der Waals surface area contributed by atoms with Crippen molar-refractivity contribution in [1.82, 2.24) is 5.48 Å². The Bertz CT molecular complexity index is 474. The lowest BCUT2D eigenvalue weighted by atomic mass is 10.1. The van der Waals surface area contributed by atoms with Crippen LogP contribution in [0.3, 0.4) is 0 Å². The first-order chi connectivity index (χ1) is 9.29. The van der Waals surface area contributed by atoms with Gasteiger partial charge in [-0.15, -0.1) is 0 Å². The van der Waals surface area contributed by atoms with Crippen LogP contribution in [0.1, 0.15) is 19.4 Å². The van der Waals surface area contributed by atoms with E-state index in [2.05, 4.69) is 10.0 Å². The summed E-state index contributed by atoms with van der Waals surface area (Å²) in [5, 5.41) is 0. The van der Waals surface area contributed by atoms with Crippen LogP contribution in [0.5, 0.6) is 0 Å². The van der Waals surface area contributed by atoms with Crippen LogP contribution in [-0.2, 0) is 25.3 Å². The van der Waals surface area contributed by atoms with E-state index < -0.39 is 19.8 Å². The normalized spacial score (nSPS) is 15.7. The molecule has 0 aliphatic heterocycles. The van der Waals surface area contributed by atoms with Gasteiger partial charge in [-0.1, -0.05) is 44.2 Å². The summed E-state index contributed by atoms with van der Waals surface area (Å²) in [4.78, 5) is 25.7. The van der Waals surface area contributed by atoms with Crippen LogP contribution in [0.4, 0.5) is 0 Å². The molecule has 0 saturated carbocycles. The number of nitrogens with one attached hydrogen (secondary N) is 1. The first kappa shape index (κ1) is 16.8. The molecule has 0 heterocycles. The molecule has 0 aliphatic rings. The molecule has 1 aromatic rings. The lowest BCUT2D eigenvalue weighted by Crippen LogP contribution is -2.41. The van der Waals surface area contributed by atoms with Crippen LogP contribution in [-0.4, -0.2) is 16.9 Å². The maximum absolute atomic E-state index is 11.7. The molecule has 0 aromatic heterocycles. The van der Waals surface area contributed by atoms with E-state index in [1.54, 1.807) is 13.8 Å². The van der Waals surface area contributed by atoms with Gasteiger partial charge in [-0.05, 0) is 11.5 Å². The molecule has 1 unspecified atom stereocenters. The predicted molar refractivity (Wildman–Crippen MR) is 73.1 cm³/mol. The van der Waals surface area contributed by atoms with E-state index in [1.165, 1.54) is 0 Å². The molecule has 1 aromatic carbocycles. The predicted octanol–water partition coefficient (Wildman–Crippen LogP) is 1.33. The number of hydrogen-bond donors (Lipinski definition) is 3. The third kappa shape index (κ3) is 6.27. The van der Waals surface area contributed by atoms with Crippen LogP contribution >= 0.6 is 7.75 Å². The number of hydrogen-bond acceptors (Lipinski definition) is 5. The van der Waals surface area contributed by atoms with E-state index in [-0.39, 0.29) is 12.5 Å². The van der Waals surface area contributed by atoms with E-state index in [4.69, 9.17) is 15.2 Å². The fourth-order valence-electron chi connectivity index (χ4n) is 1.43. The molecule has 2 atom stereocenters. The second kappa shape index (κ2) is 7.52. The van der Waals surface area contributed by atoms with Crippen molar-refractivity contribution in [3.8, 4) is 0 Å². The zero-order chi connectivity index (χ0) is 15.2. The third-order valence-corrected chi connectivity index (χ3v) is 2.87. The average Bonchev–Trinajstić information content (AvgIpc) is 2.33. The van der Waals surface area contributed by atoms with Crippen molar-refractivity contribution in [3.63, 3.8) is 0 Å². The maximum Gasteiger partial charge on any atom is 0.455 e. The molecule has 20 heavy (non-hydrogen) atoms. The van der Waals surface area contributed by atoms with E-state index in [0.29, 0.717) is 0 Å². The number of nitrogens with two attached hydrogens (primary N) is 1. The second-order valence-corrected chi connectivity index (χ2v) is 5.90. The SMILES string of the molecule is CC(C)[C@H](NOCc1ccccc1)C(=O)OP(N)(=O)O. The molecule has 0 spiro atoms. The Hall–Kier alpha value is -1.24. The molecule has 112 valence electrons. The first-order valence-electron chi connectivity index (χ1n) is 6.05. The molecule has 0 radical (unpaired) electrons. The minimum Gasteiger partial charge on any atom is -0.379 e. The van der Waals surface area contributed by atoms with Crippen molar-refractivity contribution >= 4 is 13.7 Å². The van der Waals surface area contributed by atoms with Crippen LogP contribution in [0, 0.1) is 5.92 Å². The highest BCUT2D eigenvalue weighted by atomic mass is 31.2. The van der Waals surface area contributed by atoms with Crippen molar-refractivity contribution in [1.29, 1.82) is 0 Å². The molecule has 0 bridgehead atoms. The second-order valence-electron chi connectivity index (χ2n) is 4.59. The van der Waals surface area contributed by atoms with Crippen molar-refractivity contribution in [2.75, 3.05) is 0 Å². The highest BCUT2D eigenvalue weighted by Crippen LogP contribution is 2.32. The van der Waals surface area contributed by atoms with Gasteiger partial charge in [-0.2, -0.15) is 5.48 Å². The Labute approximate surface area is 117 Å². The van der Waals surface area contributed by atoms with Gasteiger partial charge < -0.3 is 9.42 Å². The molecular weight excluding hydrogens is 283 g/mol. The number of carbonyl (C=O) groups excluding carboxylic acids is 1. The molecule has 4 N–H and O–H groups in total. The average molecular weight is 302 g/mol. The summed E-state index contributed by atoms with van der Waals surface area (Å²) in [6, 6.07) is 8.46. The lowest BCUT2D eigenvalue weighted by molar-refractivity contribution is -0.144. The van der Waals surface area contributed by atoms with Crippen LogP contribution < -0.4 is 11.0 Å². The summed E-state index contributed by atoms with van der Waals surface area (Å²) in [6.07, 6.45) is 0. The van der Waals surface area contributed by atoms with Gasteiger partial charge in [0.15, 0.2) is 0 Å². The largest absolute Gasteiger partial charge is 0.455 e. The summed E-state index contributed by atoms with van der Waals surface area (Å²) < 4.78 is 15.1. The van der Waals surface area contributed by atoms with Gasteiger partial charge in [0.2, 0.25) is 0 Å². The monoisotopic (exact) mass is 302 g/mol. The Morgan fingerprint density at radius 2 is 2.00 bits per heavy atom. The molecule has 8 heteroatoms. The summed E-state index contributed by atoms with van der Waals surface area (Å²) in [7, 11) is -4.35. The molecule has 7 nitrogen and oxygen atoms in total. The smallest absolute Gasteiger partial charge is 0.379 e. The Morgan fingerprint density at radius 3 is 2.50 bits per heavy atom. The minimum atomic E-state index is -4.35. The number of rotatable bonds is 7. The van der Waals surface area contributed by atoms with Gasteiger partial charge >= 0.3 is 13.7 Å². The topological polar surface area (TPSA) is 111 Å². The summed E-state index contributed by atoms with van der Waals surface area (Å²) in [6.45, 7) is 3.73. The molecule has 0 amide bonds. The van der Waals surface area contributed by atoms with Crippen molar-refractivity contribution < 1.29 is 23.6 Å². The quantitative estimate of drug-likeness (QED) is 0.514. The zero-order valence-corrected chi connectivity index (χ0v) is 12.2. The van der Waals surface area contributed by atoms with Crippen LogP contribution in [0.25, 0.3) is 0 Å². The van der Waals surface area contributed by atoms with Crippen LogP contribution in [0.15, 0.2) is 30.3 Å². The van der Waals surface area contributed by atoms with Gasteiger partial charge in [0.1, 0.15) is 6.04 Å². The first-order valence-corrected chi connectivity index (χ1v) is 7.70. The molecule has 0 saturated heterocycles. The van der Waals surface area contributed by atoms with Crippen molar-refractivity contribution in [2.45, 2.75) is 26.5 Å². The Kier molecular flexibility index (Phi) is 6.32. The van der Waals surface area contributed by atoms with Gasteiger partial charge in [0.05, 0.1) is 6.61 Å².